The van der Waals surface area contributed by atoms with Gasteiger partial charge in [-0.2, -0.15) is 0 Å². The fourth-order valence-corrected chi connectivity index (χ4v) is 2.52. The molecule has 12 nitrogen and oxygen atoms in total. The van der Waals surface area contributed by atoms with Gasteiger partial charge in [-0.05, 0) is 41.5 Å². The molecule has 0 radical (unpaired) electrons. The Morgan fingerprint density at radius 3 is 2.31 bits per heavy atom. The standard InChI is InChI=1S/C19H28N5O7P/c1-18(2,3)15(25)29-17(30-16(26)19(4,5)6)31-32(27)10-28-8-7-11-23-13(20)12-14(24-11)22-9-21-12/h9-10,17H,7-8H2,1-6H3,(H3,20,21,22,23,24). The van der Waals surface area contributed by atoms with Gasteiger partial charge in [-0.1, -0.05) is 4.52 Å². The van der Waals surface area contributed by atoms with Crippen LogP contribution in [0.15, 0.2) is 6.33 Å². The quantitative estimate of drug-likeness (QED) is 0.247. The number of anilines is 1. The summed E-state index contributed by atoms with van der Waals surface area (Å²) in [5.41, 5.74) is 5.01. The Morgan fingerprint density at radius 1 is 1.16 bits per heavy atom. The van der Waals surface area contributed by atoms with E-state index in [1.54, 1.807) is 41.5 Å². The number of ether oxygens (including phenoxy) is 3. The Bertz CT molecular complexity index is 966. The summed E-state index contributed by atoms with van der Waals surface area (Å²) in [5.74, 6) is 0.163. The first-order chi connectivity index (χ1) is 14.8. The van der Waals surface area contributed by atoms with Crippen molar-refractivity contribution in [1.82, 2.24) is 19.9 Å². The number of rotatable bonds is 8. The number of carbonyl (C=O) groups excluding carboxylic acids is 2. The SMILES string of the molecule is CC(C)(C)C(=O)OC(OC(=O)C(C)(C)C)O[P+]([O-])=COCCc1nc(N)c2[nH]cnc2n1. The third-order valence-electron chi connectivity index (χ3n) is 3.79. The molecule has 176 valence electrons. The molecule has 1 unspecified atom stereocenters. The average Bonchev–Trinajstić information content (AvgIpc) is 3.12. The first-order valence-corrected chi connectivity index (χ1v) is 11.0. The van der Waals surface area contributed by atoms with Gasteiger partial charge in [0.25, 0.3) is 8.00 Å². The number of nitrogens with two attached hydrogens (primary N) is 1. The van der Waals surface area contributed by atoms with Gasteiger partial charge in [0.1, 0.15) is 11.3 Å². The van der Waals surface area contributed by atoms with E-state index in [0.717, 1.165) is 5.98 Å². The van der Waals surface area contributed by atoms with Crippen LogP contribution in [0, 0.1) is 10.8 Å². The number of H-pyrrole nitrogens is 1. The van der Waals surface area contributed by atoms with Crippen LogP contribution in [0.5, 0.6) is 0 Å². The number of aromatic amines is 1. The summed E-state index contributed by atoms with van der Waals surface area (Å²) >= 11 is 0. The molecule has 2 heterocycles. The molecular weight excluding hydrogens is 441 g/mol. The lowest BCUT2D eigenvalue weighted by atomic mass is 9.97. The minimum Gasteiger partial charge on any atom is -0.601 e. The lowest BCUT2D eigenvalue weighted by molar-refractivity contribution is -0.260. The predicted octanol–water partition coefficient (Wildman–Crippen LogP) is 1.40. The summed E-state index contributed by atoms with van der Waals surface area (Å²) in [6, 6.07) is 0. The maximum atomic E-state index is 12.2. The van der Waals surface area contributed by atoms with E-state index in [4.69, 9.17) is 24.5 Å². The van der Waals surface area contributed by atoms with Crippen LogP contribution in [0.25, 0.3) is 11.2 Å². The number of nitrogens with zero attached hydrogens (tertiary/aromatic N) is 3. The molecule has 32 heavy (non-hydrogen) atoms. The van der Waals surface area contributed by atoms with E-state index < -0.39 is 37.2 Å². The highest BCUT2D eigenvalue weighted by Gasteiger charge is 2.34. The summed E-state index contributed by atoms with van der Waals surface area (Å²) in [4.78, 5) is 51.7. The van der Waals surface area contributed by atoms with E-state index in [9.17, 15) is 14.5 Å². The topological polar surface area (TPSA) is 175 Å². The van der Waals surface area contributed by atoms with Crippen LogP contribution in [-0.2, 0) is 34.7 Å². The van der Waals surface area contributed by atoms with Crippen molar-refractivity contribution in [2.45, 2.75) is 54.4 Å². The van der Waals surface area contributed by atoms with Crippen molar-refractivity contribution in [2.24, 2.45) is 10.8 Å². The second-order valence-corrected chi connectivity index (χ2v) is 9.83. The van der Waals surface area contributed by atoms with E-state index in [-0.39, 0.29) is 18.8 Å². The first kappa shape index (κ1) is 25.6. The molecule has 0 bridgehead atoms. The molecule has 0 fully saturated rings. The van der Waals surface area contributed by atoms with Gasteiger partial charge in [0.15, 0.2) is 11.5 Å². The third kappa shape index (κ3) is 7.49. The van der Waals surface area contributed by atoms with Gasteiger partial charge in [-0.25, -0.2) is 15.0 Å². The molecule has 0 saturated carbocycles. The first-order valence-electron chi connectivity index (χ1n) is 9.73. The fraction of sp³-hybridized carbons (Fsp3) is 0.579. The number of imidazole rings is 1. The molecule has 1 atom stereocenters. The van der Waals surface area contributed by atoms with Gasteiger partial charge in [-0.15, -0.1) is 0 Å². The largest absolute Gasteiger partial charge is 0.601 e. The predicted molar refractivity (Wildman–Crippen MR) is 115 cm³/mol. The molecule has 0 spiro atoms. The minimum atomic E-state index is -2.59. The summed E-state index contributed by atoms with van der Waals surface area (Å²) < 4.78 is 20.4. The van der Waals surface area contributed by atoms with E-state index in [1.807, 2.05) is 0 Å². The third-order valence-corrected chi connectivity index (χ3v) is 4.49. The van der Waals surface area contributed by atoms with Gasteiger partial charge in [-0.3, -0.25) is 9.59 Å². The average molecular weight is 469 g/mol. The maximum absolute atomic E-state index is 12.2. The van der Waals surface area contributed by atoms with Crippen LogP contribution < -0.4 is 10.6 Å². The lowest BCUT2D eigenvalue weighted by Gasteiger charge is -2.23. The summed E-state index contributed by atoms with van der Waals surface area (Å²) in [6.45, 7) is 7.95. The monoisotopic (exact) mass is 469 g/mol. The van der Waals surface area contributed by atoms with Crippen molar-refractivity contribution in [3.63, 3.8) is 0 Å². The Kier molecular flexibility index (Phi) is 8.24. The van der Waals surface area contributed by atoms with Crippen molar-refractivity contribution >= 4 is 42.9 Å². The number of nitrogen functional groups attached to an aromatic ring is 1. The minimum absolute atomic E-state index is 0.0635. The molecule has 0 saturated heterocycles. The van der Waals surface area contributed by atoms with Crippen molar-refractivity contribution in [2.75, 3.05) is 12.3 Å². The molecule has 0 aliphatic carbocycles. The Balaban J connectivity index is 1.96. The highest BCUT2D eigenvalue weighted by Crippen LogP contribution is 2.25. The highest BCUT2D eigenvalue weighted by molar-refractivity contribution is 7.44. The molecule has 2 aromatic heterocycles. The zero-order valence-corrected chi connectivity index (χ0v) is 19.8. The number of aromatic nitrogens is 4. The van der Waals surface area contributed by atoms with Gasteiger partial charge in [0.2, 0.25) is 5.98 Å². The molecule has 3 N–H and O–H groups in total. The molecule has 2 aromatic rings. The van der Waals surface area contributed by atoms with Crippen LogP contribution in [0.2, 0.25) is 0 Å². The zero-order chi connectivity index (χ0) is 24.1. The van der Waals surface area contributed by atoms with Gasteiger partial charge < -0.3 is 29.8 Å². The summed E-state index contributed by atoms with van der Waals surface area (Å²) in [7, 11) is -2.59. The van der Waals surface area contributed by atoms with Crippen LogP contribution in [0.3, 0.4) is 0 Å². The number of hydrogen-bond acceptors (Lipinski definition) is 11. The van der Waals surface area contributed by atoms with Gasteiger partial charge in [0.05, 0.1) is 23.8 Å². The molecule has 0 aliphatic heterocycles. The number of nitrogens with one attached hydrogen (secondary N) is 1. The Labute approximate surface area is 186 Å². The van der Waals surface area contributed by atoms with E-state index in [2.05, 4.69) is 19.9 Å². The van der Waals surface area contributed by atoms with Crippen molar-refractivity contribution < 1.29 is 33.2 Å². The molecule has 13 heteroatoms. The molecule has 2 rings (SSSR count). The number of hydrogen-bond donors (Lipinski definition) is 2. The Morgan fingerprint density at radius 2 is 1.75 bits per heavy atom. The van der Waals surface area contributed by atoms with Crippen molar-refractivity contribution in [1.29, 1.82) is 0 Å². The van der Waals surface area contributed by atoms with Crippen LogP contribution in [-0.4, -0.2) is 50.9 Å². The zero-order valence-electron chi connectivity index (χ0n) is 18.9. The van der Waals surface area contributed by atoms with Crippen molar-refractivity contribution in [3.05, 3.63) is 12.2 Å². The molecule has 0 aromatic carbocycles. The van der Waals surface area contributed by atoms with Crippen LogP contribution in [0.1, 0.15) is 47.4 Å². The van der Waals surface area contributed by atoms with Crippen LogP contribution >= 0.6 is 8.00 Å². The van der Waals surface area contributed by atoms with E-state index in [1.165, 1.54) is 6.33 Å². The second-order valence-electron chi connectivity index (χ2n) is 8.84. The number of fused-ring (bicyclic) bond motifs is 1. The normalized spacial score (nSPS) is 12.9. The summed E-state index contributed by atoms with van der Waals surface area (Å²) in [5, 5.41) is 0. The molecule has 0 amide bonds. The lowest BCUT2D eigenvalue weighted by Crippen LogP contribution is -2.35. The second kappa shape index (κ2) is 10.3. The number of esters is 2. The fourth-order valence-electron chi connectivity index (χ4n) is 1.98. The van der Waals surface area contributed by atoms with E-state index in [0.29, 0.717) is 17.0 Å². The molecular formula is C19H28N5O7P. The smallest absolute Gasteiger partial charge is 0.406 e. The van der Waals surface area contributed by atoms with Gasteiger partial charge in [0, 0.05) is 6.42 Å². The maximum Gasteiger partial charge on any atom is 0.406 e. The van der Waals surface area contributed by atoms with Gasteiger partial charge >= 0.3 is 18.4 Å². The van der Waals surface area contributed by atoms with Crippen LogP contribution in [0.4, 0.5) is 5.82 Å². The highest BCUT2D eigenvalue weighted by atomic mass is 31.1. The summed E-state index contributed by atoms with van der Waals surface area (Å²) in [6.07, 6.45) is 1.72. The number of carbonyl (C=O) groups is 2. The Hall–Kier alpha value is -2.66. The van der Waals surface area contributed by atoms with E-state index >= 15 is 0 Å². The molecule has 0 aliphatic rings. The van der Waals surface area contributed by atoms with Crippen molar-refractivity contribution in [3.8, 4) is 0 Å².